The van der Waals surface area contributed by atoms with Crippen LogP contribution in [0.4, 0.5) is 0 Å². The number of carbonyl (C=O) groups excluding carboxylic acids is 2. The molecule has 2 aliphatic rings. The molecule has 1 atom stereocenters. The predicted molar refractivity (Wildman–Crippen MR) is 146 cm³/mol. The van der Waals surface area contributed by atoms with Crippen LogP contribution in [0.25, 0.3) is 5.76 Å². The zero-order chi connectivity index (χ0) is 27.4. The van der Waals surface area contributed by atoms with Crippen molar-refractivity contribution < 1.29 is 29.3 Å². The van der Waals surface area contributed by atoms with Gasteiger partial charge in [0.1, 0.15) is 23.9 Å². The van der Waals surface area contributed by atoms with Crippen molar-refractivity contribution in [2.24, 2.45) is 0 Å². The van der Waals surface area contributed by atoms with Gasteiger partial charge in [0.2, 0.25) is 0 Å². The van der Waals surface area contributed by atoms with Crippen molar-refractivity contribution in [2.75, 3.05) is 39.4 Å². The minimum atomic E-state index is -0.778. The molecule has 39 heavy (non-hydrogen) atoms. The van der Waals surface area contributed by atoms with Crippen molar-refractivity contribution >= 4 is 17.4 Å². The second kappa shape index (κ2) is 11.7. The second-order valence-electron chi connectivity index (χ2n) is 9.79. The van der Waals surface area contributed by atoms with Crippen LogP contribution in [0.2, 0.25) is 0 Å². The summed E-state index contributed by atoms with van der Waals surface area (Å²) in [6, 6.07) is 20.7. The number of phenols is 1. The van der Waals surface area contributed by atoms with E-state index in [0.717, 1.165) is 18.7 Å². The number of hydrogen-bond donors (Lipinski definition) is 2. The van der Waals surface area contributed by atoms with Gasteiger partial charge in [-0.15, -0.1) is 0 Å². The van der Waals surface area contributed by atoms with E-state index in [1.54, 1.807) is 24.3 Å². The summed E-state index contributed by atoms with van der Waals surface area (Å²) in [6.07, 6.45) is 0. The van der Waals surface area contributed by atoms with Gasteiger partial charge < -0.3 is 24.6 Å². The van der Waals surface area contributed by atoms with E-state index in [4.69, 9.17) is 9.47 Å². The van der Waals surface area contributed by atoms with Crippen LogP contribution in [0.3, 0.4) is 0 Å². The third-order valence-corrected chi connectivity index (χ3v) is 7.21. The smallest absolute Gasteiger partial charge is 0.295 e. The average Bonchev–Trinajstić information content (AvgIpc) is 3.21. The van der Waals surface area contributed by atoms with Gasteiger partial charge in [-0.25, -0.2) is 0 Å². The number of aromatic hydroxyl groups is 1. The van der Waals surface area contributed by atoms with Crippen molar-refractivity contribution in [1.29, 1.82) is 0 Å². The Morgan fingerprint density at radius 2 is 1.69 bits per heavy atom. The van der Waals surface area contributed by atoms with Crippen molar-refractivity contribution in [3.8, 4) is 11.5 Å². The summed E-state index contributed by atoms with van der Waals surface area (Å²) in [4.78, 5) is 30.3. The van der Waals surface area contributed by atoms with Crippen molar-refractivity contribution in [3.05, 3.63) is 101 Å². The Bertz CT molecular complexity index is 1360. The number of phenolic OH excluding ortho intramolecular Hbond substituents is 1. The number of nitrogens with zero attached hydrogens (tertiary/aromatic N) is 2. The summed E-state index contributed by atoms with van der Waals surface area (Å²) in [5, 5.41) is 21.3. The molecule has 2 N–H and O–H groups in total. The predicted octanol–water partition coefficient (Wildman–Crippen LogP) is 4.03. The number of aliphatic hydroxyl groups excluding tert-OH is 1. The number of likely N-dealkylation sites (tertiary alicyclic amines) is 1. The third kappa shape index (κ3) is 5.82. The fourth-order valence-electron chi connectivity index (χ4n) is 5.07. The largest absolute Gasteiger partial charge is 0.508 e. The Morgan fingerprint density at radius 1 is 0.974 bits per heavy atom. The molecule has 0 radical (unpaired) electrons. The summed E-state index contributed by atoms with van der Waals surface area (Å²) in [7, 11) is 0. The standard InChI is InChI=1S/C31H32N2O6/c1-21-19-25(39-20-22-5-3-2-4-6-22)11-12-26(21)29(35)27-28(23-7-9-24(34)10-8-23)33(31(37)30(27)36)14-13-32-15-17-38-18-16-32/h2-12,19,28,34-35H,13-18,20H2,1H3/b29-27+/t28-/m0/s1. The number of benzene rings is 3. The normalized spacial score (nSPS) is 19.4. The molecule has 2 saturated heterocycles. The maximum Gasteiger partial charge on any atom is 0.295 e. The van der Waals surface area contributed by atoms with Crippen molar-refractivity contribution in [1.82, 2.24) is 9.80 Å². The highest BCUT2D eigenvalue weighted by molar-refractivity contribution is 6.46. The Labute approximate surface area is 227 Å². The first kappa shape index (κ1) is 26.5. The zero-order valence-electron chi connectivity index (χ0n) is 21.9. The average molecular weight is 529 g/mol. The van der Waals surface area contributed by atoms with Gasteiger partial charge in [0.25, 0.3) is 11.7 Å². The van der Waals surface area contributed by atoms with Crippen LogP contribution in [-0.4, -0.2) is 71.1 Å². The van der Waals surface area contributed by atoms with Gasteiger partial charge in [-0.2, -0.15) is 0 Å². The summed E-state index contributed by atoms with van der Waals surface area (Å²) < 4.78 is 11.3. The fraction of sp³-hybridized carbons (Fsp3) is 0.290. The van der Waals surface area contributed by atoms with E-state index < -0.39 is 17.7 Å². The van der Waals surface area contributed by atoms with Crippen LogP contribution >= 0.6 is 0 Å². The maximum atomic E-state index is 13.4. The van der Waals surface area contributed by atoms with Gasteiger partial charge in [-0.05, 0) is 53.9 Å². The molecule has 2 heterocycles. The monoisotopic (exact) mass is 528 g/mol. The highest BCUT2D eigenvalue weighted by Gasteiger charge is 2.46. The lowest BCUT2D eigenvalue weighted by Crippen LogP contribution is -2.42. The zero-order valence-corrected chi connectivity index (χ0v) is 21.9. The van der Waals surface area contributed by atoms with Crippen LogP contribution in [0.1, 0.15) is 28.3 Å². The first-order chi connectivity index (χ1) is 18.9. The maximum absolute atomic E-state index is 13.4. The fourth-order valence-corrected chi connectivity index (χ4v) is 5.07. The number of aryl methyl sites for hydroxylation is 1. The number of ketones is 1. The van der Waals surface area contributed by atoms with Crippen LogP contribution in [0.5, 0.6) is 11.5 Å². The van der Waals surface area contributed by atoms with E-state index in [-0.39, 0.29) is 17.1 Å². The number of morpholine rings is 1. The first-order valence-corrected chi connectivity index (χ1v) is 13.1. The molecule has 3 aromatic rings. The van der Waals surface area contributed by atoms with Crippen LogP contribution in [-0.2, 0) is 20.9 Å². The quantitative estimate of drug-likeness (QED) is 0.259. The molecule has 0 unspecified atom stereocenters. The van der Waals surface area contributed by atoms with Gasteiger partial charge >= 0.3 is 0 Å². The molecule has 0 saturated carbocycles. The summed E-state index contributed by atoms with van der Waals surface area (Å²) in [6.45, 7) is 5.90. The lowest BCUT2D eigenvalue weighted by Gasteiger charge is -2.31. The van der Waals surface area contributed by atoms with Gasteiger partial charge in [0.05, 0.1) is 24.8 Å². The highest BCUT2D eigenvalue weighted by atomic mass is 16.5. The lowest BCUT2D eigenvalue weighted by molar-refractivity contribution is -0.140. The molecule has 202 valence electrons. The molecule has 0 bridgehead atoms. The van der Waals surface area contributed by atoms with Crippen molar-refractivity contribution in [2.45, 2.75) is 19.6 Å². The number of aliphatic hydroxyl groups is 1. The molecule has 3 aromatic carbocycles. The lowest BCUT2D eigenvalue weighted by atomic mass is 9.94. The number of carbonyl (C=O) groups is 2. The molecule has 2 fully saturated rings. The molecule has 0 spiro atoms. The van der Waals surface area contributed by atoms with Crippen LogP contribution < -0.4 is 4.74 Å². The molecule has 5 rings (SSSR count). The number of Topliss-reactive ketones (excluding diaryl/α,β-unsaturated/α-hetero) is 1. The molecule has 8 heteroatoms. The Balaban J connectivity index is 1.45. The minimum absolute atomic E-state index is 0.0359. The van der Waals surface area contributed by atoms with E-state index >= 15 is 0 Å². The van der Waals surface area contributed by atoms with E-state index in [1.165, 1.54) is 17.0 Å². The first-order valence-electron chi connectivity index (χ1n) is 13.1. The number of rotatable bonds is 8. The Kier molecular flexibility index (Phi) is 7.95. The Morgan fingerprint density at radius 3 is 2.38 bits per heavy atom. The van der Waals surface area contributed by atoms with E-state index in [2.05, 4.69) is 4.90 Å². The second-order valence-corrected chi connectivity index (χ2v) is 9.79. The van der Waals surface area contributed by atoms with Crippen molar-refractivity contribution in [3.63, 3.8) is 0 Å². The number of ether oxygens (including phenoxy) is 2. The van der Waals surface area contributed by atoms with E-state index in [1.807, 2.05) is 43.3 Å². The van der Waals surface area contributed by atoms with E-state index in [0.29, 0.717) is 55.4 Å². The minimum Gasteiger partial charge on any atom is -0.508 e. The molecule has 0 aliphatic carbocycles. The SMILES string of the molecule is Cc1cc(OCc2ccccc2)ccc1/C(O)=C1\C(=O)C(=O)N(CCN2CCOCC2)[C@H]1c1ccc(O)cc1. The molecular formula is C31H32N2O6. The summed E-state index contributed by atoms with van der Waals surface area (Å²) >= 11 is 0. The topological polar surface area (TPSA) is 99.5 Å². The molecule has 0 aromatic heterocycles. The molecular weight excluding hydrogens is 496 g/mol. The summed E-state index contributed by atoms with van der Waals surface area (Å²) in [5.74, 6) is -0.896. The highest BCUT2D eigenvalue weighted by Crippen LogP contribution is 2.40. The Hall–Kier alpha value is -4.14. The van der Waals surface area contributed by atoms with Crippen LogP contribution in [0.15, 0.2) is 78.4 Å². The molecule has 8 nitrogen and oxygen atoms in total. The third-order valence-electron chi connectivity index (χ3n) is 7.21. The number of hydrogen-bond acceptors (Lipinski definition) is 7. The van der Waals surface area contributed by atoms with E-state index in [9.17, 15) is 19.8 Å². The molecule has 2 aliphatic heterocycles. The van der Waals surface area contributed by atoms with Crippen LogP contribution in [0, 0.1) is 6.92 Å². The summed E-state index contributed by atoms with van der Waals surface area (Å²) in [5.41, 5.74) is 2.87. The van der Waals surface area contributed by atoms with Gasteiger partial charge in [0, 0.05) is 31.7 Å². The number of amides is 1. The molecule has 1 amide bonds. The van der Waals surface area contributed by atoms with Gasteiger partial charge in [-0.3, -0.25) is 14.5 Å². The van der Waals surface area contributed by atoms with Gasteiger partial charge in [0.15, 0.2) is 0 Å². The van der Waals surface area contributed by atoms with Gasteiger partial charge in [-0.1, -0.05) is 42.5 Å².